The quantitative estimate of drug-likeness (QED) is 0.870. The van der Waals surface area contributed by atoms with Gasteiger partial charge in [0, 0.05) is 51.6 Å². The van der Waals surface area contributed by atoms with Gasteiger partial charge < -0.3 is 20.2 Å². The molecular formula is C14H20F3N3O2. The fourth-order valence-corrected chi connectivity index (χ4v) is 1.88. The predicted molar refractivity (Wildman–Crippen MR) is 79.5 cm³/mol. The van der Waals surface area contributed by atoms with E-state index in [4.69, 9.17) is 9.90 Å². The normalized spacial score (nSPS) is 14.9. The number of alkyl halides is 3. The smallest absolute Gasteiger partial charge is 0.475 e. The summed E-state index contributed by atoms with van der Waals surface area (Å²) in [6.45, 7) is 4.41. The molecule has 0 atom stereocenters. The third-order valence-corrected chi connectivity index (χ3v) is 3.09. The van der Waals surface area contributed by atoms with Crippen LogP contribution in [0.3, 0.4) is 0 Å². The minimum absolute atomic E-state index is 1.09. The Morgan fingerprint density at radius 3 is 2.00 bits per heavy atom. The van der Waals surface area contributed by atoms with Crippen molar-refractivity contribution in [1.82, 2.24) is 5.32 Å². The van der Waals surface area contributed by atoms with E-state index in [0.29, 0.717) is 0 Å². The molecule has 0 bridgehead atoms. The first-order valence-electron chi connectivity index (χ1n) is 6.75. The van der Waals surface area contributed by atoms with Crippen LogP contribution in [0.25, 0.3) is 0 Å². The summed E-state index contributed by atoms with van der Waals surface area (Å²) in [7, 11) is 4.14. The molecule has 0 unspecified atom stereocenters. The molecule has 22 heavy (non-hydrogen) atoms. The summed E-state index contributed by atoms with van der Waals surface area (Å²) in [5, 5.41) is 10.5. The average Bonchev–Trinajstić information content (AvgIpc) is 2.48. The van der Waals surface area contributed by atoms with Crippen molar-refractivity contribution in [3.05, 3.63) is 24.3 Å². The summed E-state index contributed by atoms with van der Waals surface area (Å²) in [5.74, 6) is -2.76. The summed E-state index contributed by atoms with van der Waals surface area (Å²) >= 11 is 0. The zero-order chi connectivity index (χ0) is 16.8. The molecule has 1 aromatic rings. The Morgan fingerprint density at radius 1 is 1.18 bits per heavy atom. The van der Waals surface area contributed by atoms with Crippen molar-refractivity contribution < 1.29 is 23.1 Å². The van der Waals surface area contributed by atoms with Crippen LogP contribution in [0.5, 0.6) is 0 Å². The molecule has 1 saturated heterocycles. The number of hydrogen-bond donors (Lipinski definition) is 2. The minimum atomic E-state index is -5.08. The Kier molecular flexibility index (Phi) is 6.48. The lowest BCUT2D eigenvalue weighted by Crippen LogP contribution is -2.43. The van der Waals surface area contributed by atoms with Gasteiger partial charge in [-0.15, -0.1) is 0 Å². The van der Waals surface area contributed by atoms with E-state index in [-0.39, 0.29) is 0 Å². The van der Waals surface area contributed by atoms with E-state index < -0.39 is 12.1 Å². The van der Waals surface area contributed by atoms with E-state index in [0.717, 1.165) is 26.2 Å². The predicted octanol–water partition coefficient (Wildman–Crippen LogP) is 1.80. The highest BCUT2D eigenvalue weighted by molar-refractivity contribution is 5.73. The highest BCUT2D eigenvalue weighted by Crippen LogP contribution is 2.19. The fourth-order valence-electron chi connectivity index (χ4n) is 1.88. The summed E-state index contributed by atoms with van der Waals surface area (Å²) in [6, 6.07) is 8.77. The molecule has 1 heterocycles. The molecule has 0 radical (unpaired) electrons. The standard InChI is InChI=1S/C12H19N3.C2HF3O2/c1-14(2)11-3-5-12(6-4-11)15-9-7-13-8-10-15;3-2(4,5)1(6)7/h3-6,13H,7-10H2,1-2H3;(H,6,7). The van der Waals surface area contributed by atoms with Crippen LogP contribution in [-0.2, 0) is 4.79 Å². The number of rotatable bonds is 2. The highest BCUT2D eigenvalue weighted by atomic mass is 19.4. The van der Waals surface area contributed by atoms with E-state index in [9.17, 15) is 13.2 Å². The summed E-state index contributed by atoms with van der Waals surface area (Å²) < 4.78 is 31.7. The van der Waals surface area contributed by atoms with Gasteiger partial charge in [0.1, 0.15) is 0 Å². The lowest BCUT2D eigenvalue weighted by atomic mass is 10.2. The second-order valence-electron chi connectivity index (χ2n) is 4.95. The maximum Gasteiger partial charge on any atom is 0.490 e. The molecule has 1 fully saturated rings. The van der Waals surface area contributed by atoms with Crippen molar-refractivity contribution in [1.29, 1.82) is 0 Å². The van der Waals surface area contributed by atoms with Crippen LogP contribution in [0.1, 0.15) is 0 Å². The molecule has 2 N–H and O–H groups in total. The van der Waals surface area contributed by atoms with Gasteiger partial charge in [0.25, 0.3) is 0 Å². The van der Waals surface area contributed by atoms with Crippen LogP contribution in [-0.4, -0.2) is 57.5 Å². The molecule has 0 spiro atoms. The number of piperazine rings is 1. The number of anilines is 2. The minimum Gasteiger partial charge on any atom is -0.475 e. The molecule has 1 aliphatic heterocycles. The number of hydrogen-bond acceptors (Lipinski definition) is 4. The zero-order valence-corrected chi connectivity index (χ0v) is 12.5. The van der Waals surface area contributed by atoms with Gasteiger partial charge in [0.05, 0.1) is 0 Å². The molecule has 0 aromatic heterocycles. The molecule has 124 valence electrons. The Labute approximate surface area is 127 Å². The number of nitrogens with zero attached hydrogens (tertiary/aromatic N) is 2. The number of aliphatic carboxylic acids is 1. The van der Waals surface area contributed by atoms with E-state index in [1.54, 1.807) is 0 Å². The van der Waals surface area contributed by atoms with Gasteiger partial charge in [-0.1, -0.05) is 0 Å². The van der Waals surface area contributed by atoms with Crippen LogP contribution >= 0.6 is 0 Å². The lowest BCUT2D eigenvalue weighted by Gasteiger charge is -2.29. The van der Waals surface area contributed by atoms with Crippen LogP contribution in [0.4, 0.5) is 24.5 Å². The van der Waals surface area contributed by atoms with E-state index in [1.165, 1.54) is 11.4 Å². The monoisotopic (exact) mass is 319 g/mol. The Hall–Kier alpha value is -1.96. The first-order valence-corrected chi connectivity index (χ1v) is 6.75. The SMILES string of the molecule is CN(C)c1ccc(N2CCNCC2)cc1.O=C(O)C(F)(F)F. The fraction of sp³-hybridized carbons (Fsp3) is 0.500. The first kappa shape index (κ1) is 18.1. The van der Waals surface area contributed by atoms with Gasteiger partial charge in [-0.25, -0.2) is 4.79 Å². The largest absolute Gasteiger partial charge is 0.490 e. The average molecular weight is 319 g/mol. The third-order valence-electron chi connectivity index (χ3n) is 3.09. The van der Waals surface area contributed by atoms with Crippen molar-refractivity contribution in [3.8, 4) is 0 Å². The second kappa shape index (κ2) is 7.88. The van der Waals surface area contributed by atoms with Crippen molar-refractivity contribution in [2.75, 3.05) is 50.1 Å². The number of benzene rings is 1. The number of carboxylic acids is 1. The van der Waals surface area contributed by atoms with Gasteiger partial charge >= 0.3 is 12.1 Å². The van der Waals surface area contributed by atoms with Crippen LogP contribution in [0.15, 0.2) is 24.3 Å². The van der Waals surface area contributed by atoms with E-state index >= 15 is 0 Å². The molecule has 2 rings (SSSR count). The van der Waals surface area contributed by atoms with Crippen molar-refractivity contribution >= 4 is 17.3 Å². The summed E-state index contributed by atoms with van der Waals surface area (Å²) in [6.07, 6.45) is -5.08. The Balaban J connectivity index is 0.000000295. The first-order chi connectivity index (χ1) is 10.2. The van der Waals surface area contributed by atoms with E-state index in [2.05, 4.69) is 53.5 Å². The van der Waals surface area contributed by atoms with E-state index in [1.807, 2.05) is 0 Å². The molecule has 5 nitrogen and oxygen atoms in total. The number of halogens is 3. The molecule has 1 aromatic carbocycles. The van der Waals surface area contributed by atoms with Crippen molar-refractivity contribution in [3.63, 3.8) is 0 Å². The lowest BCUT2D eigenvalue weighted by molar-refractivity contribution is -0.192. The van der Waals surface area contributed by atoms with Crippen LogP contribution in [0, 0.1) is 0 Å². The van der Waals surface area contributed by atoms with Gasteiger partial charge in [0.15, 0.2) is 0 Å². The molecular weight excluding hydrogens is 299 g/mol. The summed E-state index contributed by atoms with van der Waals surface area (Å²) in [5.41, 5.74) is 2.59. The Morgan fingerprint density at radius 2 is 1.64 bits per heavy atom. The second-order valence-corrected chi connectivity index (χ2v) is 4.95. The molecule has 0 aliphatic carbocycles. The van der Waals surface area contributed by atoms with Gasteiger partial charge in [-0.2, -0.15) is 13.2 Å². The third kappa shape index (κ3) is 5.80. The van der Waals surface area contributed by atoms with Crippen molar-refractivity contribution in [2.24, 2.45) is 0 Å². The number of carboxylic acid groups (broad SMARTS) is 1. The molecule has 0 amide bonds. The molecule has 1 aliphatic rings. The number of carbonyl (C=O) groups is 1. The zero-order valence-electron chi connectivity index (χ0n) is 12.5. The van der Waals surface area contributed by atoms with Gasteiger partial charge in [0.2, 0.25) is 0 Å². The molecule has 8 heteroatoms. The highest BCUT2D eigenvalue weighted by Gasteiger charge is 2.38. The summed E-state index contributed by atoms with van der Waals surface area (Å²) in [4.78, 5) is 13.4. The van der Waals surface area contributed by atoms with Crippen LogP contribution < -0.4 is 15.1 Å². The number of nitrogens with one attached hydrogen (secondary N) is 1. The maximum absolute atomic E-state index is 10.6. The molecule has 0 saturated carbocycles. The van der Waals surface area contributed by atoms with Crippen molar-refractivity contribution in [2.45, 2.75) is 6.18 Å². The Bertz CT molecular complexity index is 469. The van der Waals surface area contributed by atoms with Crippen LogP contribution in [0.2, 0.25) is 0 Å². The maximum atomic E-state index is 10.6. The van der Waals surface area contributed by atoms with Gasteiger partial charge in [-0.3, -0.25) is 0 Å². The topological polar surface area (TPSA) is 55.8 Å². The van der Waals surface area contributed by atoms with Gasteiger partial charge in [-0.05, 0) is 24.3 Å².